The zero-order valence-corrected chi connectivity index (χ0v) is 16.0. The topological polar surface area (TPSA) is 98.2 Å². The van der Waals surface area contributed by atoms with Crippen LogP contribution < -0.4 is 0 Å². The number of carbonyl (C=O) groups is 4. The highest BCUT2D eigenvalue weighted by Crippen LogP contribution is 2.47. The van der Waals surface area contributed by atoms with Crippen molar-refractivity contribution in [2.45, 2.75) is 43.5 Å². The molecule has 0 saturated carbocycles. The van der Waals surface area contributed by atoms with Crippen LogP contribution in [-0.2, 0) is 19.2 Å². The predicted molar refractivity (Wildman–Crippen MR) is 95.3 cm³/mol. The van der Waals surface area contributed by atoms with Crippen molar-refractivity contribution in [2.75, 3.05) is 32.4 Å². The summed E-state index contributed by atoms with van der Waals surface area (Å²) in [6.07, 6.45) is 2.43. The lowest BCUT2D eigenvalue weighted by Crippen LogP contribution is -2.53. The average Bonchev–Trinajstić information content (AvgIpc) is 3.10. The Hall–Kier alpha value is -1.77. The minimum absolute atomic E-state index is 0.00379. The van der Waals surface area contributed by atoms with E-state index < -0.39 is 17.9 Å². The molecule has 0 aliphatic carbocycles. The largest absolute Gasteiger partial charge is 0.481 e. The summed E-state index contributed by atoms with van der Waals surface area (Å²) in [4.78, 5) is 52.9. The van der Waals surface area contributed by atoms with Crippen LogP contribution in [0.2, 0.25) is 0 Å². The van der Waals surface area contributed by atoms with Crippen LogP contribution in [0.15, 0.2) is 0 Å². The number of likely N-dealkylation sites (N-methyl/N-ethyl adjacent to an activating group) is 1. The molecule has 3 atom stereocenters. The number of carbonyl (C=O) groups excluding carboxylic acids is 3. The molecule has 0 bridgehead atoms. The van der Waals surface area contributed by atoms with Gasteiger partial charge in [-0.1, -0.05) is 0 Å². The van der Waals surface area contributed by atoms with Gasteiger partial charge in [-0.15, -0.1) is 11.8 Å². The molecule has 3 fully saturated rings. The lowest BCUT2D eigenvalue weighted by molar-refractivity contribution is -0.148. The summed E-state index contributed by atoms with van der Waals surface area (Å²) in [5, 5.41) is 9.15. The molecule has 3 aliphatic rings. The number of carboxylic acid groups (broad SMARTS) is 1. The molecule has 144 valence electrons. The van der Waals surface area contributed by atoms with Crippen LogP contribution in [0.5, 0.6) is 0 Å². The minimum Gasteiger partial charge on any atom is -0.481 e. The van der Waals surface area contributed by atoms with E-state index in [1.807, 2.05) is 6.92 Å². The zero-order valence-electron chi connectivity index (χ0n) is 15.1. The van der Waals surface area contributed by atoms with Crippen molar-refractivity contribution < 1.29 is 24.3 Å². The van der Waals surface area contributed by atoms with Gasteiger partial charge in [-0.3, -0.25) is 19.2 Å². The number of likely N-dealkylation sites (tertiary alicyclic amines) is 1. The first kappa shape index (κ1) is 19.0. The number of piperidine rings is 1. The molecule has 0 spiro atoms. The second-order valence-corrected chi connectivity index (χ2v) is 8.98. The van der Waals surface area contributed by atoms with Crippen LogP contribution >= 0.6 is 11.8 Å². The Balaban J connectivity index is 1.60. The number of rotatable bonds is 4. The van der Waals surface area contributed by atoms with E-state index in [9.17, 15) is 19.2 Å². The molecule has 0 aromatic rings. The van der Waals surface area contributed by atoms with E-state index >= 15 is 0 Å². The molecule has 26 heavy (non-hydrogen) atoms. The summed E-state index contributed by atoms with van der Waals surface area (Å²) in [6, 6.07) is -0.522. The fourth-order valence-electron chi connectivity index (χ4n) is 4.04. The monoisotopic (exact) mass is 383 g/mol. The highest BCUT2D eigenvalue weighted by atomic mass is 32.2. The molecule has 0 radical (unpaired) electrons. The van der Waals surface area contributed by atoms with Crippen molar-refractivity contribution in [2.24, 2.45) is 5.92 Å². The number of thioether (sulfide) groups is 1. The lowest BCUT2D eigenvalue weighted by Gasteiger charge is -2.34. The highest BCUT2D eigenvalue weighted by molar-refractivity contribution is 8.01. The molecule has 3 unspecified atom stereocenters. The highest BCUT2D eigenvalue weighted by Gasteiger charge is 2.53. The van der Waals surface area contributed by atoms with Crippen LogP contribution in [-0.4, -0.2) is 86.8 Å². The van der Waals surface area contributed by atoms with Crippen LogP contribution in [0, 0.1) is 5.92 Å². The average molecular weight is 383 g/mol. The van der Waals surface area contributed by atoms with E-state index in [0.29, 0.717) is 31.6 Å². The first-order valence-electron chi connectivity index (χ1n) is 8.94. The van der Waals surface area contributed by atoms with Gasteiger partial charge in [0.2, 0.25) is 17.7 Å². The number of fused-ring (bicyclic) bond motifs is 1. The number of amides is 3. The Bertz CT molecular complexity index is 642. The van der Waals surface area contributed by atoms with Gasteiger partial charge < -0.3 is 19.8 Å². The molecular formula is C17H25N3O5S. The Morgan fingerprint density at radius 2 is 2.12 bits per heavy atom. The van der Waals surface area contributed by atoms with Crippen LogP contribution in [0.1, 0.15) is 32.6 Å². The smallest absolute Gasteiger partial charge is 0.308 e. The minimum atomic E-state index is -0.887. The molecule has 1 N–H and O–H groups in total. The standard InChI is InChI=1S/C17H25N3O5S/c1-17-6-5-13(21)20(17)12(10-26-17)15(23)18(2)9-14(22)19-7-3-4-11(8-19)16(24)25/h11-12H,3-10H2,1-2H3,(H,24,25). The Morgan fingerprint density at radius 3 is 2.81 bits per heavy atom. The van der Waals surface area contributed by atoms with Crippen molar-refractivity contribution in [3.05, 3.63) is 0 Å². The van der Waals surface area contributed by atoms with Crippen LogP contribution in [0.3, 0.4) is 0 Å². The zero-order chi connectivity index (χ0) is 19.1. The van der Waals surface area contributed by atoms with E-state index in [4.69, 9.17) is 5.11 Å². The van der Waals surface area contributed by atoms with E-state index in [0.717, 1.165) is 6.42 Å². The number of carboxylic acids is 1. The quantitative estimate of drug-likeness (QED) is 0.746. The number of hydrogen-bond acceptors (Lipinski definition) is 5. The summed E-state index contributed by atoms with van der Waals surface area (Å²) in [5.41, 5.74) is 0. The maximum absolute atomic E-state index is 12.8. The summed E-state index contributed by atoms with van der Waals surface area (Å²) in [6.45, 7) is 2.61. The maximum atomic E-state index is 12.8. The lowest BCUT2D eigenvalue weighted by atomic mass is 9.98. The molecular weight excluding hydrogens is 358 g/mol. The number of hydrogen-bond donors (Lipinski definition) is 1. The number of nitrogens with zero attached hydrogens (tertiary/aromatic N) is 3. The molecule has 0 aromatic carbocycles. The predicted octanol–water partition coefficient (Wildman–Crippen LogP) is 0.222. The Labute approximate surface area is 156 Å². The molecule has 3 amide bonds. The Kier molecular flexibility index (Phi) is 5.18. The molecule has 3 rings (SSSR count). The van der Waals surface area contributed by atoms with Gasteiger partial charge >= 0.3 is 5.97 Å². The Morgan fingerprint density at radius 1 is 1.38 bits per heavy atom. The third kappa shape index (κ3) is 3.41. The summed E-state index contributed by atoms with van der Waals surface area (Å²) in [7, 11) is 1.57. The molecule has 3 aliphatic heterocycles. The van der Waals surface area contributed by atoms with Gasteiger partial charge in [0.25, 0.3) is 0 Å². The van der Waals surface area contributed by atoms with E-state index in [1.165, 1.54) is 9.80 Å². The maximum Gasteiger partial charge on any atom is 0.308 e. The number of aliphatic carboxylic acids is 1. The third-order valence-electron chi connectivity index (χ3n) is 5.60. The van der Waals surface area contributed by atoms with E-state index in [-0.39, 0.29) is 35.7 Å². The first-order valence-corrected chi connectivity index (χ1v) is 9.93. The first-order chi connectivity index (χ1) is 12.2. The molecule has 3 saturated heterocycles. The van der Waals surface area contributed by atoms with Crippen molar-refractivity contribution >= 4 is 35.5 Å². The van der Waals surface area contributed by atoms with Crippen molar-refractivity contribution in [3.8, 4) is 0 Å². The van der Waals surface area contributed by atoms with Gasteiger partial charge in [-0.25, -0.2) is 0 Å². The van der Waals surface area contributed by atoms with Gasteiger partial charge in [0.05, 0.1) is 17.3 Å². The fraction of sp³-hybridized carbons (Fsp3) is 0.765. The third-order valence-corrected chi connectivity index (χ3v) is 7.11. The van der Waals surface area contributed by atoms with Crippen LogP contribution in [0.4, 0.5) is 0 Å². The van der Waals surface area contributed by atoms with Gasteiger partial charge in [-0.05, 0) is 26.2 Å². The molecule has 8 nitrogen and oxygen atoms in total. The van der Waals surface area contributed by atoms with Crippen molar-refractivity contribution in [1.29, 1.82) is 0 Å². The second-order valence-electron chi connectivity index (χ2n) is 7.48. The van der Waals surface area contributed by atoms with E-state index in [2.05, 4.69) is 0 Å². The summed E-state index contributed by atoms with van der Waals surface area (Å²) in [5.74, 6) is -1.35. The van der Waals surface area contributed by atoms with Crippen molar-refractivity contribution in [3.63, 3.8) is 0 Å². The molecule has 0 aromatic heterocycles. The summed E-state index contributed by atoms with van der Waals surface area (Å²) < 4.78 is 0. The molecule has 9 heteroatoms. The van der Waals surface area contributed by atoms with E-state index in [1.54, 1.807) is 23.7 Å². The normalized spacial score (nSPS) is 31.1. The van der Waals surface area contributed by atoms with Gasteiger partial charge in [0.1, 0.15) is 6.04 Å². The second kappa shape index (κ2) is 7.09. The van der Waals surface area contributed by atoms with Gasteiger partial charge in [0.15, 0.2) is 0 Å². The fourth-order valence-corrected chi connectivity index (χ4v) is 5.47. The van der Waals surface area contributed by atoms with Gasteiger partial charge in [-0.2, -0.15) is 0 Å². The van der Waals surface area contributed by atoms with Gasteiger partial charge in [0, 0.05) is 32.3 Å². The van der Waals surface area contributed by atoms with Crippen LogP contribution in [0.25, 0.3) is 0 Å². The SMILES string of the molecule is CN(CC(=O)N1CCCC(C(=O)O)C1)C(=O)C1CSC2(C)CCC(=O)N12. The summed E-state index contributed by atoms with van der Waals surface area (Å²) >= 11 is 1.62. The van der Waals surface area contributed by atoms with Crippen molar-refractivity contribution in [1.82, 2.24) is 14.7 Å². The molecule has 3 heterocycles.